The number of rotatable bonds is 3. The van der Waals surface area contributed by atoms with Gasteiger partial charge in [-0.15, -0.1) is 0 Å². The van der Waals surface area contributed by atoms with E-state index in [4.69, 9.17) is 16.0 Å². The highest BCUT2D eigenvalue weighted by molar-refractivity contribution is 6.35. The lowest BCUT2D eigenvalue weighted by atomic mass is 10.1. The fourth-order valence-corrected chi connectivity index (χ4v) is 4.49. The Bertz CT molecular complexity index is 894. The van der Waals surface area contributed by atoms with Gasteiger partial charge in [0.2, 0.25) is 5.91 Å². The number of hydrogen-bond donors (Lipinski definition) is 0. The van der Waals surface area contributed by atoms with Crippen molar-refractivity contribution in [1.82, 2.24) is 14.7 Å². The molecule has 0 bridgehead atoms. The van der Waals surface area contributed by atoms with Gasteiger partial charge >= 0.3 is 0 Å². The molecule has 156 valence electrons. The van der Waals surface area contributed by atoms with Gasteiger partial charge in [0.1, 0.15) is 0 Å². The number of benzene rings is 1. The minimum absolute atomic E-state index is 0.103. The summed E-state index contributed by atoms with van der Waals surface area (Å²) in [4.78, 5) is 31.6. The van der Waals surface area contributed by atoms with Crippen molar-refractivity contribution in [3.8, 4) is 0 Å². The second kappa shape index (κ2) is 8.76. The Morgan fingerprint density at radius 3 is 2.31 bits per heavy atom. The van der Waals surface area contributed by atoms with Gasteiger partial charge in [-0.2, -0.15) is 0 Å². The summed E-state index contributed by atoms with van der Waals surface area (Å²) in [5.74, 6) is 0.477. The van der Waals surface area contributed by atoms with E-state index in [0.717, 1.165) is 36.9 Å². The predicted octanol–water partition coefficient (Wildman–Crippen LogP) is 3.56. The van der Waals surface area contributed by atoms with Crippen LogP contribution in [0.5, 0.6) is 0 Å². The van der Waals surface area contributed by atoms with Crippen LogP contribution < -0.4 is 0 Å². The van der Waals surface area contributed by atoms with Crippen LogP contribution in [-0.2, 0) is 4.79 Å². The summed E-state index contributed by atoms with van der Waals surface area (Å²) in [6.45, 7) is 6.69. The molecule has 0 radical (unpaired) electrons. The minimum atomic E-state index is -0.103. The van der Waals surface area contributed by atoms with E-state index in [2.05, 4.69) is 4.90 Å². The standard InChI is InChI=1S/C22H28ClN3O3/c1-16-17-7-6-8-18(23)21(17)29-20(16)22(28)26-13-11-24(12-14-26)15-19(27)25-9-4-2-3-5-10-25/h6-8H,2-5,9-15H2,1H3. The van der Waals surface area contributed by atoms with Crippen LogP contribution in [0.15, 0.2) is 22.6 Å². The Hall–Kier alpha value is -2.05. The van der Waals surface area contributed by atoms with Gasteiger partial charge in [-0.05, 0) is 25.8 Å². The van der Waals surface area contributed by atoms with Gasteiger partial charge < -0.3 is 14.2 Å². The quantitative estimate of drug-likeness (QED) is 0.766. The van der Waals surface area contributed by atoms with Gasteiger partial charge in [0, 0.05) is 50.2 Å². The fraction of sp³-hybridized carbons (Fsp3) is 0.545. The van der Waals surface area contributed by atoms with Gasteiger partial charge in [0.25, 0.3) is 5.91 Å². The molecular weight excluding hydrogens is 390 g/mol. The van der Waals surface area contributed by atoms with E-state index in [-0.39, 0.29) is 11.8 Å². The number of fused-ring (bicyclic) bond motifs is 1. The molecule has 2 saturated heterocycles. The normalized spacial score (nSPS) is 18.8. The molecule has 0 N–H and O–H groups in total. The van der Waals surface area contributed by atoms with Gasteiger partial charge in [-0.25, -0.2) is 0 Å². The lowest BCUT2D eigenvalue weighted by Crippen LogP contribution is -2.51. The molecule has 3 heterocycles. The van der Waals surface area contributed by atoms with Crippen molar-refractivity contribution in [2.24, 2.45) is 0 Å². The largest absolute Gasteiger partial charge is 0.449 e. The van der Waals surface area contributed by atoms with Crippen molar-refractivity contribution in [3.63, 3.8) is 0 Å². The maximum Gasteiger partial charge on any atom is 0.289 e. The number of aryl methyl sites for hydroxylation is 1. The first-order chi connectivity index (χ1) is 14.0. The Labute approximate surface area is 176 Å². The lowest BCUT2D eigenvalue weighted by Gasteiger charge is -2.35. The SMILES string of the molecule is Cc1c(C(=O)N2CCN(CC(=O)N3CCCCCC3)CC2)oc2c(Cl)cccc12. The van der Waals surface area contributed by atoms with Crippen LogP contribution in [0.1, 0.15) is 41.8 Å². The molecule has 6 nitrogen and oxygen atoms in total. The molecule has 0 aliphatic carbocycles. The van der Waals surface area contributed by atoms with Crippen LogP contribution in [-0.4, -0.2) is 72.3 Å². The number of furan rings is 1. The number of carbonyl (C=O) groups is 2. The second-order valence-electron chi connectivity index (χ2n) is 8.04. The molecule has 0 spiro atoms. The minimum Gasteiger partial charge on any atom is -0.449 e. The molecular formula is C22H28ClN3O3. The number of piperazine rings is 1. The van der Waals surface area contributed by atoms with Crippen LogP contribution in [0.2, 0.25) is 5.02 Å². The third-order valence-electron chi connectivity index (χ3n) is 6.09. The molecule has 2 aromatic rings. The van der Waals surface area contributed by atoms with E-state index < -0.39 is 0 Å². The topological polar surface area (TPSA) is 57.0 Å². The lowest BCUT2D eigenvalue weighted by molar-refractivity contribution is -0.132. The molecule has 1 aromatic heterocycles. The van der Waals surface area contributed by atoms with Gasteiger partial charge in [-0.3, -0.25) is 14.5 Å². The number of hydrogen-bond acceptors (Lipinski definition) is 4. The van der Waals surface area contributed by atoms with Crippen molar-refractivity contribution >= 4 is 34.4 Å². The van der Waals surface area contributed by atoms with Crippen LogP contribution >= 0.6 is 11.6 Å². The van der Waals surface area contributed by atoms with Crippen LogP contribution in [0, 0.1) is 6.92 Å². The Balaban J connectivity index is 1.36. The third-order valence-corrected chi connectivity index (χ3v) is 6.38. The zero-order valence-electron chi connectivity index (χ0n) is 17.0. The summed E-state index contributed by atoms with van der Waals surface area (Å²) < 4.78 is 5.83. The first-order valence-electron chi connectivity index (χ1n) is 10.5. The highest BCUT2D eigenvalue weighted by atomic mass is 35.5. The van der Waals surface area contributed by atoms with Crippen molar-refractivity contribution in [3.05, 3.63) is 34.5 Å². The van der Waals surface area contributed by atoms with E-state index >= 15 is 0 Å². The Morgan fingerprint density at radius 2 is 1.66 bits per heavy atom. The predicted molar refractivity (Wildman–Crippen MR) is 113 cm³/mol. The number of nitrogens with zero attached hydrogens (tertiary/aromatic N) is 3. The van der Waals surface area contributed by atoms with Crippen molar-refractivity contribution in [2.75, 3.05) is 45.8 Å². The van der Waals surface area contributed by atoms with E-state index in [1.165, 1.54) is 12.8 Å². The third kappa shape index (κ3) is 4.28. The molecule has 7 heteroatoms. The van der Waals surface area contributed by atoms with E-state index in [1.807, 2.05) is 28.9 Å². The first kappa shape index (κ1) is 20.2. The zero-order chi connectivity index (χ0) is 20.4. The highest BCUT2D eigenvalue weighted by Crippen LogP contribution is 2.31. The van der Waals surface area contributed by atoms with Gasteiger partial charge in [-0.1, -0.05) is 36.6 Å². The maximum atomic E-state index is 13.0. The van der Waals surface area contributed by atoms with Crippen molar-refractivity contribution < 1.29 is 14.0 Å². The smallest absolute Gasteiger partial charge is 0.289 e. The molecule has 2 aliphatic heterocycles. The average Bonchev–Trinajstić information content (AvgIpc) is 2.90. The summed E-state index contributed by atoms with van der Waals surface area (Å²) in [5.41, 5.74) is 1.39. The number of likely N-dealkylation sites (tertiary alicyclic amines) is 1. The van der Waals surface area contributed by atoms with Crippen molar-refractivity contribution in [2.45, 2.75) is 32.6 Å². The molecule has 0 saturated carbocycles. The average molecular weight is 418 g/mol. The second-order valence-corrected chi connectivity index (χ2v) is 8.44. The molecule has 2 amide bonds. The van der Waals surface area contributed by atoms with Crippen LogP contribution in [0.4, 0.5) is 0 Å². The maximum absolute atomic E-state index is 13.0. The Kier molecular flexibility index (Phi) is 6.11. The summed E-state index contributed by atoms with van der Waals surface area (Å²) in [5, 5.41) is 1.39. The van der Waals surface area contributed by atoms with Crippen LogP contribution in [0.3, 0.4) is 0 Å². The van der Waals surface area contributed by atoms with Crippen molar-refractivity contribution in [1.29, 1.82) is 0 Å². The molecule has 0 atom stereocenters. The number of amides is 2. The zero-order valence-corrected chi connectivity index (χ0v) is 17.7. The number of carbonyl (C=O) groups excluding carboxylic acids is 2. The van der Waals surface area contributed by atoms with Crippen LogP contribution in [0.25, 0.3) is 11.0 Å². The molecule has 2 fully saturated rings. The summed E-state index contributed by atoms with van der Waals surface area (Å²) in [6, 6.07) is 5.55. The van der Waals surface area contributed by atoms with E-state index in [1.54, 1.807) is 6.07 Å². The summed E-state index contributed by atoms with van der Waals surface area (Å²) in [6.07, 6.45) is 4.65. The number of halogens is 1. The molecule has 1 aromatic carbocycles. The highest BCUT2D eigenvalue weighted by Gasteiger charge is 2.28. The summed E-state index contributed by atoms with van der Waals surface area (Å²) in [7, 11) is 0. The summed E-state index contributed by atoms with van der Waals surface area (Å²) >= 11 is 6.21. The molecule has 0 unspecified atom stereocenters. The molecule has 2 aliphatic rings. The number of para-hydroxylation sites is 1. The van der Waals surface area contributed by atoms with Gasteiger partial charge in [0.05, 0.1) is 11.6 Å². The van der Waals surface area contributed by atoms with E-state index in [0.29, 0.717) is 49.1 Å². The molecule has 29 heavy (non-hydrogen) atoms. The fourth-order valence-electron chi connectivity index (χ4n) is 4.28. The molecule has 4 rings (SSSR count). The monoisotopic (exact) mass is 417 g/mol. The Morgan fingerprint density at radius 1 is 0.966 bits per heavy atom. The van der Waals surface area contributed by atoms with E-state index in [9.17, 15) is 9.59 Å². The first-order valence-corrected chi connectivity index (χ1v) is 10.9. The van der Waals surface area contributed by atoms with Gasteiger partial charge in [0.15, 0.2) is 11.3 Å².